The monoisotopic (exact) mass is 473 g/mol. The van der Waals surface area contributed by atoms with E-state index in [1.165, 1.54) is 12.0 Å². The number of hydrogen-bond acceptors (Lipinski definition) is 3. The minimum absolute atomic E-state index is 0.0834. The van der Waals surface area contributed by atoms with Crippen LogP contribution >= 0.6 is 0 Å². The van der Waals surface area contributed by atoms with Crippen LogP contribution in [0.1, 0.15) is 88.2 Å². The number of unbranched alkanes of at least 4 members (excludes halogenated alkanes) is 3. The summed E-state index contributed by atoms with van der Waals surface area (Å²) in [5, 5.41) is 0.596. The fraction of sp³-hybridized carbons (Fsp3) is 0.500. The number of benzene rings is 2. The molecule has 186 valence electrons. The number of amides is 1. The second-order valence-corrected chi connectivity index (χ2v) is 10.1. The van der Waals surface area contributed by atoms with Gasteiger partial charge in [-0.1, -0.05) is 57.2 Å². The van der Waals surface area contributed by atoms with Crippen LogP contribution < -0.4 is 5.56 Å². The van der Waals surface area contributed by atoms with Crippen LogP contribution in [0.25, 0.3) is 16.6 Å². The quantitative estimate of drug-likeness (QED) is 0.326. The van der Waals surface area contributed by atoms with E-state index in [1.807, 2.05) is 54.3 Å². The van der Waals surface area contributed by atoms with Crippen LogP contribution in [0.5, 0.6) is 0 Å². The molecule has 1 aromatic heterocycles. The van der Waals surface area contributed by atoms with Crippen molar-refractivity contribution in [3.63, 3.8) is 0 Å². The molecule has 35 heavy (non-hydrogen) atoms. The minimum atomic E-state index is -0.302. The first kappa shape index (κ1) is 25.2. The molecule has 3 aromatic rings. The normalized spacial score (nSPS) is 15.0. The van der Waals surface area contributed by atoms with Crippen LogP contribution in [-0.2, 0) is 4.79 Å². The molecular weight excluding hydrogens is 434 g/mol. The van der Waals surface area contributed by atoms with Gasteiger partial charge in [0.1, 0.15) is 5.82 Å². The third kappa shape index (κ3) is 5.34. The van der Waals surface area contributed by atoms with Gasteiger partial charge in [-0.3, -0.25) is 14.2 Å². The fourth-order valence-electron chi connectivity index (χ4n) is 5.29. The van der Waals surface area contributed by atoms with E-state index in [1.54, 1.807) is 4.57 Å². The lowest BCUT2D eigenvalue weighted by Gasteiger charge is -2.32. The van der Waals surface area contributed by atoms with E-state index in [4.69, 9.17) is 4.98 Å². The first-order valence-corrected chi connectivity index (χ1v) is 13.3. The highest BCUT2D eigenvalue weighted by molar-refractivity contribution is 5.80. The SMILES string of the molecule is CCCCCCN(C(=O)C1CCCC1)C(C)c1nc2ccccc2c(=O)n1-c1ccc(C)c(C)c1. The summed E-state index contributed by atoms with van der Waals surface area (Å²) < 4.78 is 1.74. The zero-order valence-corrected chi connectivity index (χ0v) is 21.7. The summed E-state index contributed by atoms with van der Waals surface area (Å²) >= 11 is 0. The maximum Gasteiger partial charge on any atom is 0.266 e. The molecule has 1 saturated carbocycles. The summed E-state index contributed by atoms with van der Waals surface area (Å²) in [6.07, 6.45) is 8.57. The van der Waals surface area contributed by atoms with E-state index >= 15 is 0 Å². The highest BCUT2D eigenvalue weighted by Crippen LogP contribution is 2.31. The molecule has 1 amide bonds. The number of nitrogens with zero attached hydrogens (tertiary/aromatic N) is 3. The van der Waals surface area contributed by atoms with Crippen molar-refractivity contribution in [3.05, 3.63) is 69.8 Å². The van der Waals surface area contributed by atoms with Crippen LogP contribution in [-0.4, -0.2) is 26.9 Å². The van der Waals surface area contributed by atoms with Crippen molar-refractivity contribution in [1.29, 1.82) is 0 Å². The lowest BCUT2D eigenvalue weighted by molar-refractivity contribution is -0.137. The van der Waals surface area contributed by atoms with Crippen molar-refractivity contribution in [3.8, 4) is 5.69 Å². The second kappa shape index (κ2) is 11.2. The molecule has 1 atom stereocenters. The van der Waals surface area contributed by atoms with Gasteiger partial charge in [0.25, 0.3) is 5.56 Å². The molecule has 0 aliphatic heterocycles. The molecule has 0 N–H and O–H groups in total. The summed E-state index contributed by atoms with van der Waals surface area (Å²) in [4.78, 5) is 34.6. The van der Waals surface area contributed by atoms with Crippen molar-refractivity contribution in [2.24, 2.45) is 5.92 Å². The molecule has 0 bridgehead atoms. The molecule has 1 heterocycles. The molecule has 1 aliphatic rings. The van der Waals surface area contributed by atoms with Crippen molar-refractivity contribution in [2.75, 3.05) is 6.54 Å². The summed E-state index contributed by atoms with van der Waals surface area (Å²) in [7, 11) is 0. The van der Waals surface area contributed by atoms with Gasteiger partial charge in [-0.2, -0.15) is 0 Å². The Morgan fingerprint density at radius 1 is 1.06 bits per heavy atom. The third-order valence-electron chi connectivity index (χ3n) is 7.63. The van der Waals surface area contributed by atoms with E-state index in [9.17, 15) is 9.59 Å². The zero-order valence-electron chi connectivity index (χ0n) is 21.7. The van der Waals surface area contributed by atoms with E-state index in [-0.39, 0.29) is 23.4 Å². The first-order chi connectivity index (χ1) is 16.9. The summed E-state index contributed by atoms with van der Waals surface area (Å²) in [6, 6.07) is 13.3. The summed E-state index contributed by atoms with van der Waals surface area (Å²) in [5.41, 5.74) is 3.70. The third-order valence-corrected chi connectivity index (χ3v) is 7.63. The summed E-state index contributed by atoms with van der Waals surface area (Å²) in [6.45, 7) is 9.08. The lowest BCUT2D eigenvalue weighted by atomic mass is 10.0. The van der Waals surface area contributed by atoms with Crippen LogP contribution in [0.15, 0.2) is 47.3 Å². The number of aromatic nitrogens is 2. The summed E-state index contributed by atoms with van der Waals surface area (Å²) in [5.74, 6) is 0.949. The molecule has 0 radical (unpaired) electrons. The average molecular weight is 474 g/mol. The average Bonchev–Trinajstić information content (AvgIpc) is 3.40. The predicted molar refractivity (Wildman–Crippen MR) is 143 cm³/mol. The van der Waals surface area contributed by atoms with Gasteiger partial charge >= 0.3 is 0 Å². The van der Waals surface area contributed by atoms with Gasteiger partial charge in [0.15, 0.2) is 0 Å². The van der Waals surface area contributed by atoms with E-state index in [2.05, 4.69) is 20.8 Å². The predicted octanol–water partition coefficient (Wildman–Crippen LogP) is 6.66. The van der Waals surface area contributed by atoms with Gasteiger partial charge in [0.05, 0.1) is 22.6 Å². The Kier molecular flexibility index (Phi) is 8.04. The molecule has 5 heteroatoms. The van der Waals surface area contributed by atoms with Gasteiger partial charge in [0.2, 0.25) is 5.91 Å². The highest BCUT2D eigenvalue weighted by atomic mass is 16.2. The van der Waals surface area contributed by atoms with Gasteiger partial charge in [-0.25, -0.2) is 4.98 Å². The molecule has 0 saturated heterocycles. The molecule has 1 aliphatic carbocycles. The van der Waals surface area contributed by atoms with Crippen LogP contribution in [0, 0.1) is 19.8 Å². The smallest absolute Gasteiger partial charge is 0.266 e. The minimum Gasteiger partial charge on any atom is -0.333 e. The second-order valence-electron chi connectivity index (χ2n) is 10.1. The first-order valence-electron chi connectivity index (χ1n) is 13.3. The standard InChI is InChI=1S/C30H39N3O2/c1-5-6-7-12-19-32(29(34)24-13-8-9-14-24)23(4)28-31-27-16-11-10-15-26(27)30(35)33(28)25-18-17-21(2)22(3)20-25/h10-11,15-18,20,23-24H,5-9,12-14,19H2,1-4H3. The molecule has 5 nitrogen and oxygen atoms in total. The number of para-hydroxylation sites is 1. The number of carbonyl (C=O) groups is 1. The Labute approximate surface area is 209 Å². The van der Waals surface area contributed by atoms with Crippen LogP contribution in [0.3, 0.4) is 0 Å². The van der Waals surface area contributed by atoms with E-state index < -0.39 is 0 Å². The Bertz CT molecular complexity index is 1240. The number of hydrogen-bond donors (Lipinski definition) is 0. The number of carbonyl (C=O) groups excluding carboxylic acids is 1. The van der Waals surface area contributed by atoms with Gasteiger partial charge < -0.3 is 4.90 Å². The number of fused-ring (bicyclic) bond motifs is 1. The molecular formula is C30H39N3O2. The van der Waals surface area contributed by atoms with Crippen molar-refractivity contribution in [1.82, 2.24) is 14.5 Å². The van der Waals surface area contributed by atoms with Crippen molar-refractivity contribution < 1.29 is 4.79 Å². The van der Waals surface area contributed by atoms with E-state index in [0.717, 1.165) is 56.2 Å². The Morgan fingerprint density at radius 2 is 1.80 bits per heavy atom. The molecule has 1 fully saturated rings. The largest absolute Gasteiger partial charge is 0.333 e. The fourth-order valence-corrected chi connectivity index (χ4v) is 5.29. The molecule has 0 spiro atoms. The van der Waals surface area contributed by atoms with Crippen molar-refractivity contribution >= 4 is 16.8 Å². The highest BCUT2D eigenvalue weighted by Gasteiger charge is 2.32. The molecule has 2 aromatic carbocycles. The lowest BCUT2D eigenvalue weighted by Crippen LogP contribution is -2.40. The zero-order chi connectivity index (χ0) is 24.9. The van der Waals surface area contributed by atoms with Crippen LogP contribution in [0.4, 0.5) is 0 Å². The maximum absolute atomic E-state index is 13.8. The Balaban J connectivity index is 1.83. The van der Waals surface area contributed by atoms with Gasteiger partial charge in [-0.05, 0) is 75.4 Å². The number of rotatable bonds is 9. The van der Waals surface area contributed by atoms with Crippen molar-refractivity contribution in [2.45, 2.75) is 85.1 Å². The number of aryl methyl sites for hydroxylation is 2. The Morgan fingerprint density at radius 3 is 2.51 bits per heavy atom. The topological polar surface area (TPSA) is 55.2 Å². The van der Waals surface area contributed by atoms with Gasteiger partial charge in [-0.15, -0.1) is 0 Å². The molecule has 4 rings (SSSR count). The van der Waals surface area contributed by atoms with E-state index in [0.29, 0.717) is 23.3 Å². The van der Waals surface area contributed by atoms with Crippen LogP contribution in [0.2, 0.25) is 0 Å². The molecule has 1 unspecified atom stereocenters. The maximum atomic E-state index is 13.8. The Hall–Kier alpha value is -2.95. The van der Waals surface area contributed by atoms with Gasteiger partial charge in [0, 0.05) is 12.5 Å².